The summed E-state index contributed by atoms with van der Waals surface area (Å²) in [6.45, 7) is 4.15. The fourth-order valence-corrected chi connectivity index (χ4v) is 2.05. The van der Waals surface area contributed by atoms with Crippen molar-refractivity contribution < 1.29 is 9.47 Å². The predicted molar refractivity (Wildman–Crippen MR) is 49.3 cm³/mol. The lowest BCUT2D eigenvalue weighted by Crippen LogP contribution is -2.56. The van der Waals surface area contributed by atoms with E-state index in [0.717, 1.165) is 39.1 Å². The molecule has 1 unspecified atom stereocenters. The van der Waals surface area contributed by atoms with Crippen molar-refractivity contribution in [1.82, 2.24) is 5.32 Å². The second kappa shape index (κ2) is 3.92. The van der Waals surface area contributed by atoms with E-state index in [-0.39, 0.29) is 5.79 Å². The van der Waals surface area contributed by atoms with Crippen LogP contribution >= 0.6 is 0 Å². The molecule has 0 aromatic heterocycles. The average Bonchev–Trinajstić information content (AvgIpc) is 2.19. The fraction of sp³-hybridized carbons (Fsp3) is 1.00. The molecular formula is C9H18N2O2. The molecule has 13 heavy (non-hydrogen) atoms. The molecule has 3 N–H and O–H groups in total. The molecule has 2 fully saturated rings. The minimum Gasteiger partial charge on any atom is -0.349 e. The first-order chi connectivity index (χ1) is 6.35. The number of nitrogens with two attached hydrogens (primary N) is 1. The first-order valence-corrected chi connectivity index (χ1v) is 5.03. The van der Waals surface area contributed by atoms with Gasteiger partial charge in [-0.25, -0.2) is 0 Å². The normalized spacial score (nSPS) is 33.5. The molecule has 76 valence electrons. The molecule has 0 aromatic rings. The van der Waals surface area contributed by atoms with E-state index in [1.165, 1.54) is 0 Å². The highest BCUT2D eigenvalue weighted by atomic mass is 16.7. The van der Waals surface area contributed by atoms with Gasteiger partial charge >= 0.3 is 0 Å². The number of nitrogens with one attached hydrogen (secondary N) is 1. The van der Waals surface area contributed by atoms with Gasteiger partial charge in [0.15, 0.2) is 5.79 Å². The van der Waals surface area contributed by atoms with Gasteiger partial charge in [0.2, 0.25) is 0 Å². The topological polar surface area (TPSA) is 56.5 Å². The second-order valence-corrected chi connectivity index (χ2v) is 3.90. The van der Waals surface area contributed by atoms with E-state index in [9.17, 15) is 0 Å². The number of hydrogen-bond donors (Lipinski definition) is 2. The maximum Gasteiger partial charge on any atom is 0.181 e. The van der Waals surface area contributed by atoms with Crippen LogP contribution in [0.15, 0.2) is 0 Å². The highest BCUT2D eigenvalue weighted by molar-refractivity contribution is 4.85. The molecule has 0 aliphatic carbocycles. The van der Waals surface area contributed by atoms with Crippen LogP contribution in [0.5, 0.6) is 0 Å². The Kier molecular flexibility index (Phi) is 2.83. The molecule has 2 heterocycles. The van der Waals surface area contributed by atoms with Gasteiger partial charge in [0.05, 0.1) is 13.2 Å². The van der Waals surface area contributed by atoms with Gasteiger partial charge in [0, 0.05) is 13.0 Å². The summed E-state index contributed by atoms with van der Waals surface area (Å²) in [7, 11) is 0. The van der Waals surface area contributed by atoms with Crippen molar-refractivity contribution in [3.63, 3.8) is 0 Å². The smallest absolute Gasteiger partial charge is 0.181 e. The summed E-state index contributed by atoms with van der Waals surface area (Å²) >= 11 is 0. The summed E-state index contributed by atoms with van der Waals surface area (Å²) in [6.07, 6.45) is 1.95. The lowest BCUT2D eigenvalue weighted by Gasteiger charge is -2.42. The van der Waals surface area contributed by atoms with Crippen LogP contribution in [0, 0.1) is 5.92 Å². The van der Waals surface area contributed by atoms with E-state index in [1.54, 1.807) is 0 Å². The molecule has 0 saturated carbocycles. The first-order valence-electron chi connectivity index (χ1n) is 5.03. The summed E-state index contributed by atoms with van der Waals surface area (Å²) < 4.78 is 11.4. The van der Waals surface area contributed by atoms with Gasteiger partial charge in [0.1, 0.15) is 0 Å². The Morgan fingerprint density at radius 2 is 2.15 bits per heavy atom. The maximum atomic E-state index is 5.70. The van der Waals surface area contributed by atoms with Crippen molar-refractivity contribution in [1.29, 1.82) is 0 Å². The summed E-state index contributed by atoms with van der Waals surface area (Å²) in [5, 5.41) is 3.32. The Morgan fingerprint density at radius 1 is 1.38 bits per heavy atom. The molecule has 2 aliphatic rings. The van der Waals surface area contributed by atoms with Gasteiger partial charge in [-0.05, 0) is 25.4 Å². The molecule has 4 nitrogen and oxygen atoms in total. The van der Waals surface area contributed by atoms with E-state index in [1.807, 2.05) is 0 Å². The standard InChI is InChI=1S/C9H18N2O2/c10-5-8-4-9(7-11-6-8)12-2-1-3-13-9/h8,11H,1-7,10H2. The monoisotopic (exact) mass is 186 g/mol. The zero-order valence-electron chi connectivity index (χ0n) is 7.92. The Hall–Kier alpha value is -0.160. The number of rotatable bonds is 1. The minimum atomic E-state index is -0.361. The van der Waals surface area contributed by atoms with Crippen molar-refractivity contribution in [2.75, 3.05) is 32.8 Å². The SMILES string of the molecule is NCC1CNCC2(C1)OCCCO2. The third kappa shape index (κ3) is 2.02. The summed E-state index contributed by atoms with van der Waals surface area (Å²) in [5.74, 6) is 0.132. The fourth-order valence-electron chi connectivity index (χ4n) is 2.05. The maximum absolute atomic E-state index is 5.70. The summed E-state index contributed by atoms with van der Waals surface area (Å²) in [5.41, 5.74) is 5.64. The predicted octanol–water partition coefficient (Wildman–Crippen LogP) is -0.312. The van der Waals surface area contributed by atoms with E-state index in [4.69, 9.17) is 15.2 Å². The molecule has 1 atom stereocenters. The van der Waals surface area contributed by atoms with Crippen LogP contribution in [-0.2, 0) is 9.47 Å². The molecule has 0 bridgehead atoms. The minimum absolute atomic E-state index is 0.361. The van der Waals surface area contributed by atoms with Crippen LogP contribution < -0.4 is 11.1 Å². The molecule has 2 aliphatic heterocycles. The third-order valence-corrected chi connectivity index (χ3v) is 2.78. The average molecular weight is 186 g/mol. The lowest BCUT2D eigenvalue weighted by molar-refractivity contribution is -0.277. The lowest BCUT2D eigenvalue weighted by atomic mass is 9.94. The highest BCUT2D eigenvalue weighted by Crippen LogP contribution is 2.28. The van der Waals surface area contributed by atoms with Gasteiger partial charge in [-0.1, -0.05) is 0 Å². The molecular weight excluding hydrogens is 168 g/mol. The Bertz CT molecular complexity index is 163. The van der Waals surface area contributed by atoms with E-state index >= 15 is 0 Å². The van der Waals surface area contributed by atoms with Gasteiger partial charge in [-0.3, -0.25) is 0 Å². The van der Waals surface area contributed by atoms with Crippen molar-refractivity contribution in [2.45, 2.75) is 18.6 Å². The quantitative estimate of drug-likeness (QED) is 0.589. The molecule has 2 rings (SSSR count). The van der Waals surface area contributed by atoms with Crippen molar-refractivity contribution >= 4 is 0 Å². The van der Waals surface area contributed by atoms with Gasteiger partial charge in [0.25, 0.3) is 0 Å². The van der Waals surface area contributed by atoms with Crippen LogP contribution in [-0.4, -0.2) is 38.6 Å². The highest BCUT2D eigenvalue weighted by Gasteiger charge is 2.39. The number of ether oxygens (including phenoxy) is 2. The Morgan fingerprint density at radius 3 is 2.85 bits per heavy atom. The van der Waals surface area contributed by atoms with Crippen LogP contribution in [0.4, 0.5) is 0 Å². The third-order valence-electron chi connectivity index (χ3n) is 2.78. The second-order valence-electron chi connectivity index (χ2n) is 3.90. The summed E-state index contributed by atoms with van der Waals surface area (Å²) in [4.78, 5) is 0. The largest absolute Gasteiger partial charge is 0.349 e. The van der Waals surface area contributed by atoms with Gasteiger partial charge < -0.3 is 20.5 Å². The Balaban J connectivity index is 1.95. The van der Waals surface area contributed by atoms with E-state index < -0.39 is 0 Å². The zero-order valence-corrected chi connectivity index (χ0v) is 7.92. The van der Waals surface area contributed by atoms with Crippen LogP contribution in [0.25, 0.3) is 0 Å². The number of piperidine rings is 1. The molecule has 4 heteroatoms. The van der Waals surface area contributed by atoms with Crippen LogP contribution in [0.2, 0.25) is 0 Å². The van der Waals surface area contributed by atoms with Crippen LogP contribution in [0.3, 0.4) is 0 Å². The van der Waals surface area contributed by atoms with E-state index in [2.05, 4.69) is 5.32 Å². The van der Waals surface area contributed by atoms with Crippen LogP contribution in [0.1, 0.15) is 12.8 Å². The van der Waals surface area contributed by atoms with Crippen molar-refractivity contribution in [3.8, 4) is 0 Å². The van der Waals surface area contributed by atoms with Crippen molar-refractivity contribution in [3.05, 3.63) is 0 Å². The molecule has 0 aromatic carbocycles. The van der Waals surface area contributed by atoms with Gasteiger partial charge in [-0.15, -0.1) is 0 Å². The number of hydrogen-bond acceptors (Lipinski definition) is 4. The summed E-state index contributed by atoms with van der Waals surface area (Å²) in [6, 6.07) is 0. The van der Waals surface area contributed by atoms with E-state index in [0.29, 0.717) is 12.5 Å². The first kappa shape index (κ1) is 9.40. The van der Waals surface area contributed by atoms with Crippen molar-refractivity contribution in [2.24, 2.45) is 11.7 Å². The molecule has 0 amide bonds. The Labute approximate surface area is 78.8 Å². The zero-order chi connectivity index (χ0) is 9.15. The van der Waals surface area contributed by atoms with Gasteiger partial charge in [-0.2, -0.15) is 0 Å². The molecule has 2 saturated heterocycles. The molecule has 1 spiro atoms. The molecule has 0 radical (unpaired) electrons.